The Morgan fingerprint density at radius 1 is 0.967 bits per heavy atom. The number of Topliss-reactive ketones (excluding diaryl/α,β-unsaturated/α-hetero) is 1. The first-order chi connectivity index (χ1) is 14.3. The first kappa shape index (κ1) is 21.9. The molecule has 0 unspecified atom stereocenters. The maximum absolute atomic E-state index is 12.7. The van der Waals surface area contributed by atoms with E-state index in [1.807, 2.05) is 43.3 Å². The van der Waals surface area contributed by atoms with E-state index in [1.54, 1.807) is 17.0 Å². The minimum absolute atomic E-state index is 0.00294. The highest BCUT2D eigenvalue weighted by atomic mass is 16.5. The van der Waals surface area contributed by atoms with Crippen molar-refractivity contribution in [2.45, 2.75) is 52.1 Å². The lowest BCUT2D eigenvalue weighted by molar-refractivity contribution is -0.128. The highest BCUT2D eigenvalue weighted by molar-refractivity contribution is 6.42. The predicted octanol–water partition coefficient (Wildman–Crippen LogP) is 4.64. The van der Waals surface area contributed by atoms with Crippen LogP contribution in [0.15, 0.2) is 48.5 Å². The number of benzene rings is 2. The Bertz CT molecular complexity index is 875. The summed E-state index contributed by atoms with van der Waals surface area (Å²) in [7, 11) is 0. The van der Waals surface area contributed by atoms with Crippen molar-refractivity contribution >= 4 is 11.7 Å². The Hall–Kier alpha value is -2.82. The number of hydrogen-bond acceptors (Lipinski definition) is 4. The Kier molecular flexibility index (Phi) is 6.80. The molecule has 5 nitrogen and oxygen atoms in total. The number of amides is 1. The molecule has 0 atom stereocenters. The molecule has 0 saturated carbocycles. The van der Waals surface area contributed by atoms with Crippen LogP contribution in [0.2, 0.25) is 0 Å². The van der Waals surface area contributed by atoms with Crippen LogP contribution in [-0.4, -0.2) is 42.4 Å². The average Bonchev–Trinajstić information content (AvgIpc) is 2.74. The number of carbonyl (C=O) groups excluding carboxylic acids is 2. The highest BCUT2D eigenvalue weighted by Crippen LogP contribution is 2.29. The zero-order chi connectivity index (χ0) is 21.7. The van der Waals surface area contributed by atoms with Crippen LogP contribution in [0.25, 0.3) is 0 Å². The minimum Gasteiger partial charge on any atom is -0.490 e. The zero-order valence-corrected chi connectivity index (χ0v) is 18.3. The minimum atomic E-state index is -0.448. The summed E-state index contributed by atoms with van der Waals surface area (Å²) in [5.74, 6) is 0.565. The summed E-state index contributed by atoms with van der Waals surface area (Å²) >= 11 is 0. The van der Waals surface area contributed by atoms with Gasteiger partial charge in [-0.2, -0.15) is 0 Å². The molecular weight excluding hydrogens is 378 g/mol. The van der Waals surface area contributed by atoms with E-state index in [9.17, 15) is 9.59 Å². The largest absolute Gasteiger partial charge is 0.490 e. The molecule has 0 aromatic heterocycles. The summed E-state index contributed by atoms with van der Waals surface area (Å²) < 4.78 is 11.7. The molecule has 0 radical (unpaired) electrons. The molecule has 1 heterocycles. The van der Waals surface area contributed by atoms with E-state index in [4.69, 9.17) is 9.47 Å². The van der Waals surface area contributed by atoms with Gasteiger partial charge in [-0.25, -0.2) is 0 Å². The second-order valence-corrected chi connectivity index (χ2v) is 8.65. The van der Waals surface area contributed by atoms with Crippen LogP contribution >= 0.6 is 0 Å². The van der Waals surface area contributed by atoms with Crippen LogP contribution in [0.5, 0.6) is 11.5 Å². The van der Waals surface area contributed by atoms with Crippen molar-refractivity contribution in [2.24, 2.45) is 0 Å². The molecule has 1 saturated heterocycles. The summed E-state index contributed by atoms with van der Waals surface area (Å²) in [6, 6.07) is 15.0. The fraction of sp³-hybridized carbons (Fsp3) is 0.440. The van der Waals surface area contributed by atoms with Crippen molar-refractivity contribution in [1.82, 2.24) is 4.90 Å². The number of rotatable bonds is 6. The number of piperidine rings is 1. The third-order valence-electron chi connectivity index (χ3n) is 5.38. The van der Waals surface area contributed by atoms with E-state index in [2.05, 4.69) is 20.8 Å². The van der Waals surface area contributed by atoms with Gasteiger partial charge >= 0.3 is 0 Å². The molecule has 30 heavy (non-hydrogen) atoms. The lowest BCUT2D eigenvalue weighted by atomic mass is 9.86. The monoisotopic (exact) mass is 409 g/mol. The SMILES string of the molecule is CCOc1ccccc1OC1CCN(C(=O)C(=O)c2ccc(C(C)(C)C)cc2)CC1. The Morgan fingerprint density at radius 2 is 1.57 bits per heavy atom. The van der Waals surface area contributed by atoms with E-state index in [0.717, 1.165) is 17.1 Å². The lowest BCUT2D eigenvalue weighted by Gasteiger charge is -2.32. The third-order valence-corrected chi connectivity index (χ3v) is 5.38. The van der Waals surface area contributed by atoms with Crippen LogP contribution in [0.3, 0.4) is 0 Å². The molecule has 1 aliphatic heterocycles. The molecule has 1 aliphatic rings. The van der Waals surface area contributed by atoms with Crippen LogP contribution in [0.1, 0.15) is 56.5 Å². The van der Waals surface area contributed by atoms with Crippen LogP contribution in [0.4, 0.5) is 0 Å². The van der Waals surface area contributed by atoms with Crippen molar-refractivity contribution in [3.05, 3.63) is 59.7 Å². The first-order valence-electron chi connectivity index (χ1n) is 10.6. The van der Waals surface area contributed by atoms with Gasteiger partial charge in [0.05, 0.1) is 6.61 Å². The van der Waals surface area contributed by atoms with Crippen molar-refractivity contribution in [2.75, 3.05) is 19.7 Å². The number of ketones is 1. The average molecular weight is 410 g/mol. The molecule has 2 aromatic carbocycles. The van der Waals surface area contributed by atoms with Crippen LogP contribution in [0, 0.1) is 0 Å². The van der Waals surface area contributed by atoms with Crippen molar-refractivity contribution in [3.63, 3.8) is 0 Å². The number of likely N-dealkylation sites (tertiary alicyclic amines) is 1. The maximum Gasteiger partial charge on any atom is 0.294 e. The van der Waals surface area contributed by atoms with E-state index in [-0.39, 0.29) is 11.5 Å². The molecule has 5 heteroatoms. The number of hydrogen-bond donors (Lipinski definition) is 0. The van der Waals surface area contributed by atoms with Crippen molar-refractivity contribution < 1.29 is 19.1 Å². The number of ether oxygens (including phenoxy) is 2. The van der Waals surface area contributed by atoms with Gasteiger partial charge in [-0.05, 0) is 30.0 Å². The standard InChI is InChI=1S/C25H31NO4/c1-5-29-21-8-6-7-9-22(21)30-20-14-16-26(17-15-20)24(28)23(27)18-10-12-19(13-11-18)25(2,3)4/h6-13,20H,5,14-17H2,1-4H3. The van der Waals surface area contributed by atoms with Gasteiger partial charge in [0.15, 0.2) is 11.5 Å². The topological polar surface area (TPSA) is 55.8 Å². The fourth-order valence-corrected chi connectivity index (χ4v) is 3.57. The second kappa shape index (κ2) is 9.33. The van der Waals surface area contributed by atoms with Gasteiger partial charge in [0.2, 0.25) is 5.78 Å². The zero-order valence-electron chi connectivity index (χ0n) is 18.3. The van der Waals surface area contributed by atoms with Crippen molar-refractivity contribution in [3.8, 4) is 11.5 Å². The molecule has 0 spiro atoms. The Labute approximate surface area is 179 Å². The van der Waals surface area contributed by atoms with E-state index in [0.29, 0.717) is 38.1 Å². The maximum atomic E-state index is 12.7. The van der Waals surface area contributed by atoms with Gasteiger partial charge < -0.3 is 14.4 Å². The highest BCUT2D eigenvalue weighted by Gasteiger charge is 2.29. The molecule has 1 fully saturated rings. The fourth-order valence-electron chi connectivity index (χ4n) is 3.57. The summed E-state index contributed by atoms with van der Waals surface area (Å²) in [4.78, 5) is 27.0. The molecule has 3 rings (SSSR count). The second-order valence-electron chi connectivity index (χ2n) is 8.65. The van der Waals surface area contributed by atoms with Crippen LogP contribution in [-0.2, 0) is 10.2 Å². The first-order valence-corrected chi connectivity index (χ1v) is 10.6. The molecule has 0 aliphatic carbocycles. The number of carbonyl (C=O) groups is 2. The normalized spacial score (nSPS) is 15.0. The molecule has 0 bridgehead atoms. The van der Waals surface area contributed by atoms with Gasteiger partial charge in [-0.3, -0.25) is 9.59 Å². The quantitative estimate of drug-likeness (QED) is 0.515. The summed E-state index contributed by atoms with van der Waals surface area (Å²) in [6.45, 7) is 9.88. The Balaban J connectivity index is 1.57. The molecule has 0 N–H and O–H groups in total. The molecule has 2 aromatic rings. The van der Waals surface area contributed by atoms with Gasteiger partial charge in [-0.1, -0.05) is 57.2 Å². The van der Waals surface area contributed by atoms with E-state index in [1.165, 1.54) is 0 Å². The Morgan fingerprint density at radius 3 is 2.13 bits per heavy atom. The van der Waals surface area contributed by atoms with Gasteiger partial charge in [0, 0.05) is 31.5 Å². The summed E-state index contributed by atoms with van der Waals surface area (Å²) in [5, 5.41) is 0. The number of para-hydroxylation sites is 2. The third kappa shape index (κ3) is 5.21. The van der Waals surface area contributed by atoms with Crippen molar-refractivity contribution in [1.29, 1.82) is 0 Å². The summed E-state index contributed by atoms with van der Waals surface area (Å²) in [6.07, 6.45) is 1.36. The predicted molar refractivity (Wildman–Crippen MR) is 117 cm³/mol. The molecule has 1 amide bonds. The number of nitrogens with zero attached hydrogens (tertiary/aromatic N) is 1. The summed E-state index contributed by atoms with van der Waals surface area (Å²) in [5.41, 5.74) is 1.59. The van der Waals surface area contributed by atoms with Gasteiger partial charge in [0.1, 0.15) is 6.10 Å². The van der Waals surface area contributed by atoms with E-state index < -0.39 is 11.7 Å². The molecular formula is C25H31NO4. The van der Waals surface area contributed by atoms with Gasteiger partial charge in [-0.15, -0.1) is 0 Å². The smallest absolute Gasteiger partial charge is 0.294 e. The lowest BCUT2D eigenvalue weighted by Crippen LogP contribution is -2.44. The van der Waals surface area contributed by atoms with Crippen LogP contribution < -0.4 is 9.47 Å². The van der Waals surface area contributed by atoms with Gasteiger partial charge in [0.25, 0.3) is 5.91 Å². The molecule has 160 valence electrons. The van der Waals surface area contributed by atoms with E-state index >= 15 is 0 Å².